The summed E-state index contributed by atoms with van der Waals surface area (Å²) in [6, 6.07) is 8.80. The molecule has 0 saturated carbocycles. The number of nitriles is 2. The number of para-hydroxylation sites is 1. The number of nitrogen functional groups attached to an aromatic ring is 1. The minimum Gasteiger partial charge on any atom is -0.493 e. The molecule has 0 amide bonds. The highest BCUT2D eigenvalue weighted by atomic mass is 16.7. The lowest BCUT2D eigenvalue weighted by Gasteiger charge is -2.23. The number of nitrogens with one attached hydrogen (secondary N) is 1. The number of nitrogens with two attached hydrogens (primary N) is 1. The van der Waals surface area contributed by atoms with E-state index in [-0.39, 0.29) is 35.4 Å². The monoisotopic (exact) mass is 396 g/mol. The van der Waals surface area contributed by atoms with E-state index in [1.165, 1.54) is 7.11 Å². The van der Waals surface area contributed by atoms with Crippen LogP contribution in [-0.4, -0.2) is 38.2 Å². The van der Waals surface area contributed by atoms with Crippen LogP contribution in [0.4, 0.5) is 5.82 Å². The zero-order chi connectivity index (χ0) is 20.8. The van der Waals surface area contributed by atoms with E-state index in [1.807, 2.05) is 12.1 Å². The molecule has 1 saturated heterocycles. The van der Waals surface area contributed by atoms with Gasteiger partial charge in [0.15, 0.2) is 17.8 Å². The van der Waals surface area contributed by atoms with Gasteiger partial charge in [-0.1, -0.05) is 12.1 Å². The average Bonchev–Trinajstić information content (AvgIpc) is 2.74. The minimum atomic E-state index is -0.684. The molecular formula is C20H20N4O5. The molecule has 9 nitrogen and oxygen atoms in total. The van der Waals surface area contributed by atoms with Crippen LogP contribution in [0.5, 0.6) is 11.5 Å². The zero-order valence-electron chi connectivity index (χ0n) is 15.9. The van der Waals surface area contributed by atoms with Crippen molar-refractivity contribution in [1.82, 2.24) is 4.98 Å². The second kappa shape index (κ2) is 9.11. The fourth-order valence-electron chi connectivity index (χ4n) is 3.10. The number of benzene rings is 1. The molecule has 0 unspecified atom stereocenters. The van der Waals surface area contributed by atoms with Gasteiger partial charge in [-0.15, -0.1) is 0 Å². The first-order valence-corrected chi connectivity index (χ1v) is 9.00. The lowest BCUT2D eigenvalue weighted by molar-refractivity contribution is -0.183. The number of aromatic nitrogens is 1. The molecule has 0 aliphatic carbocycles. The van der Waals surface area contributed by atoms with Crippen LogP contribution < -0.4 is 20.8 Å². The van der Waals surface area contributed by atoms with Gasteiger partial charge in [0, 0.05) is 17.5 Å². The van der Waals surface area contributed by atoms with Crippen LogP contribution in [0, 0.1) is 22.7 Å². The van der Waals surface area contributed by atoms with Gasteiger partial charge in [0.05, 0.1) is 26.9 Å². The number of anilines is 1. The molecule has 0 radical (unpaired) electrons. The fraction of sp³-hybridized carbons (Fsp3) is 0.350. The third kappa shape index (κ3) is 4.16. The Balaban J connectivity index is 2.04. The highest BCUT2D eigenvalue weighted by molar-refractivity contribution is 5.85. The van der Waals surface area contributed by atoms with Crippen molar-refractivity contribution < 1.29 is 18.9 Å². The number of methoxy groups -OCH3 is 1. The Hall–Kier alpha value is -3.53. The van der Waals surface area contributed by atoms with Gasteiger partial charge < -0.3 is 29.7 Å². The van der Waals surface area contributed by atoms with E-state index in [2.05, 4.69) is 4.98 Å². The highest BCUT2D eigenvalue weighted by Crippen LogP contribution is 2.41. The summed E-state index contributed by atoms with van der Waals surface area (Å²) in [6.45, 7) is 1.50. The van der Waals surface area contributed by atoms with Gasteiger partial charge in [0.2, 0.25) is 0 Å². The van der Waals surface area contributed by atoms with E-state index < -0.39 is 5.56 Å². The Labute approximate surface area is 167 Å². The van der Waals surface area contributed by atoms with Crippen molar-refractivity contribution in [2.24, 2.45) is 0 Å². The van der Waals surface area contributed by atoms with Crippen molar-refractivity contribution in [1.29, 1.82) is 10.5 Å². The van der Waals surface area contributed by atoms with Gasteiger partial charge >= 0.3 is 0 Å². The molecule has 150 valence electrons. The molecule has 0 bridgehead atoms. The summed E-state index contributed by atoms with van der Waals surface area (Å²) in [7, 11) is 1.47. The summed E-state index contributed by atoms with van der Waals surface area (Å²) >= 11 is 0. The van der Waals surface area contributed by atoms with Crippen molar-refractivity contribution >= 4 is 5.82 Å². The standard InChI is InChI=1S/C20H20N4O5/c1-26-15-5-2-4-12(18(15)29-9-6-16-27-7-3-8-28-16)17-13(10-21)19(23)24-20(25)14(17)11-22/h2,4-5,16H,3,6-9H2,1H3,(H3,23,24,25). The maximum atomic E-state index is 12.2. The van der Waals surface area contributed by atoms with E-state index in [0.717, 1.165) is 6.42 Å². The average molecular weight is 396 g/mol. The first kappa shape index (κ1) is 20.2. The SMILES string of the molecule is COc1cccc(-c2c(C#N)c(N)[nH]c(=O)c2C#N)c1OCCC1OCCCO1. The van der Waals surface area contributed by atoms with Crippen molar-refractivity contribution in [3.63, 3.8) is 0 Å². The van der Waals surface area contributed by atoms with Gasteiger partial charge in [-0.3, -0.25) is 4.79 Å². The highest BCUT2D eigenvalue weighted by Gasteiger charge is 2.23. The molecule has 1 aromatic heterocycles. The number of nitrogens with zero attached hydrogens (tertiary/aromatic N) is 2. The third-order valence-corrected chi connectivity index (χ3v) is 4.43. The van der Waals surface area contributed by atoms with Crippen molar-refractivity contribution in [3.05, 3.63) is 39.7 Å². The van der Waals surface area contributed by atoms with Crippen LogP contribution in [0.1, 0.15) is 24.0 Å². The molecule has 3 rings (SSSR count). The lowest BCUT2D eigenvalue weighted by Crippen LogP contribution is -2.26. The smallest absolute Gasteiger partial charge is 0.268 e. The van der Waals surface area contributed by atoms with E-state index >= 15 is 0 Å². The number of pyridine rings is 1. The molecule has 1 aromatic carbocycles. The summed E-state index contributed by atoms with van der Waals surface area (Å²) in [6.07, 6.45) is 0.971. The maximum Gasteiger partial charge on any atom is 0.268 e. The summed E-state index contributed by atoms with van der Waals surface area (Å²) in [5.74, 6) is 0.563. The molecule has 0 spiro atoms. The van der Waals surface area contributed by atoms with Gasteiger partial charge in [0.25, 0.3) is 5.56 Å². The van der Waals surface area contributed by atoms with Crippen LogP contribution in [0.2, 0.25) is 0 Å². The van der Waals surface area contributed by atoms with Crippen LogP contribution in [0.15, 0.2) is 23.0 Å². The Bertz CT molecular complexity index is 1030. The molecule has 2 heterocycles. The van der Waals surface area contributed by atoms with E-state index in [0.29, 0.717) is 36.7 Å². The largest absolute Gasteiger partial charge is 0.493 e. The molecule has 3 N–H and O–H groups in total. The minimum absolute atomic E-state index is 0.0156. The zero-order valence-corrected chi connectivity index (χ0v) is 15.9. The second-order valence-corrected chi connectivity index (χ2v) is 6.22. The normalized spacial score (nSPS) is 14.0. The lowest BCUT2D eigenvalue weighted by atomic mass is 9.95. The molecule has 0 atom stereocenters. The van der Waals surface area contributed by atoms with Crippen LogP contribution in [-0.2, 0) is 9.47 Å². The van der Waals surface area contributed by atoms with Gasteiger partial charge in [-0.2, -0.15) is 10.5 Å². The van der Waals surface area contributed by atoms with Crippen molar-refractivity contribution in [2.75, 3.05) is 32.7 Å². The van der Waals surface area contributed by atoms with E-state index in [9.17, 15) is 15.3 Å². The molecular weight excluding hydrogens is 376 g/mol. The van der Waals surface area contributed by atoms with E-state index in [1.54, 1.807) is 18.2 Å². The number of hydrogen-bond donors (Lipinski definition) is 2. The molecule has 29 heavy (non-hydrogen) atoms. The molecule has 9 heteroatoms. The van der Waals surface area contributed by atoms with Crippen LogP contribution in [0.3, 0.4) is 0 Å². The van der Waals surface area contributed by atoms with Crippen LogP contribution >= 0.6 is 0 Å². The quantitative estimate of drug-likeness (QED) is 0.753. The Kier molecular flexibility index (Phi) is 6.35. The molecule has 1 aliphatic rings. The summed E-state index contributed by atoms with van der Waals surface area (Å²) in [4.78, 5) is 14.6. The maximum absolute atomic E-state index is 12.2. The Morgan fingerprint density at radius 2 is 1.97 bits per heavy atom. The van der Waals surface area contributed by atoms with Gasteiger partial charge in [-0.25, -0.2) is 0 Å². The summed E-state index contributed by atoms with van der Waals surface area (Å²) in [5.41, 5.74) is 5.36. The van der Waals surface area contributed by atoms with E-state index in [4.69, 9.17) is 24.7 Å². The topological polar surface area (TPSA) is 143 Å². The number of rotatable bonds is 6. The molecule has 2 aromatic rings. The summed E-state index contributed by atoms with van der Waals surface area (Å²) < 4.78 is 22.3. The Morgan fingerprint density at radius 1 is 1.24 bits per heavy atom. The first-order valence-electron chi connectivity index (χ1n) is 9.00. The third-order valence-electron chi connectivity index (χ3n) is 4.43. The molecule has 1 aliphatic heterocycles. The first-order chi connectivity index (χ1) is 14.1. The number of ether oxygens (including phenoxy) is 4. The number of aromatic amines is 1. The van der Waals surface area contributed by atoms with Crippen molar-refractivity contribution in [2.45, 2.75) is 19.1 Å². The van der Waals surface area contributed by atoms with Crippen molar-refractivity contribution in [3.8, 4) is 34.8 Å². The predicted octanol–water partition coefficient (Wildman–Crippen LogP) is 1.91. The Morgan fingerprint density at radius 3 is 2.62 bits per heavy atom. The fourth-order valence-corrected chi connectivity index (χ4v) is 3.10. The van der Waals surface area contributed by atoms with Gasteiger partial charge in [-0.05, 0) is 12.5 Å². The van der Waals surface area contributed by atoms with Crippen LogP contribution in [0.25, 0.3) is 11.1 Å². The van der Waals surface area contributed by atoms with Gasteiger partial charge in [0.1, 0.15) is 29.1 Å². The summed E-state index contributed by atoms with van der Waals surface area (Å²) in [5, 5.41) is 19.1. The predicted molar refractivity (Wildman–Crippen MR) is 103 cm³/mol. The number of hydrogen-bond acceptors (Lipinski definition) is 8. The second-order valence-electron chi connectivity index (χ2n) is 6.22. The number of H-pyrrole nitrogens is 1. The molecule has 1 fully saturated rings.